The van der Waals surface area contributed by atoms with Crippen molar-refractivity contribution in [1.29, 1.82) is 0 Å². The Kier molecular flexibility index (Phi) is 12.2. The van der Waals surface area contributed by atoms with Gasteiger partial charge in [-0.15, -0.1) is 0 Å². The van der Waals surface area contributed by atoms with Crippen LogP contribution in [0.1, 0.15) is 44.4 Å². The van der Waals surface area contributed by atoms with Crippen LogP contribution in [0.4, 0.5) is 5.69 Å². The summed E-state index contributed by atoms with van der Waals surface area (Å²) in [6.45, 7) is 8.67. The monoisotopic (exact) mass is 709 g/mol. The van der Waals surface area contributed by atoms with E-state index in [9.17, 15) is 18.0 Å². The van der Waals surface area contributed by atoms with Crippen molar-refractivity contribution in [2.24, 2.45) is 0 Å². The maximum Gasteiger partial charge on any atom is 0.264 e. The fourth-order valence-electron chi connectivity index (χ4n) is 5.15. The summed E-state index contributed by atoms with van der Waals surface area (Å²) in [6.07, 6.45) is 0.150. The minimum Gasteiger partial charge on any atom is -0.492 e. The third-order valence-corrected chi connectivity index (χ3v) is 9.96. The Balaban J connectivity index is 1.89. The minimum absolute atomic E-state index is 0.000731. The average molecular weight is 711 g/mol. The van der Waals surface area contributed by atoms with Gasteiger partial charge < -0.3 is 15.0 Å². The molecular formula is C37H41Cl2N3O5S. The highest BCUT2D eigenvalue weighted by molar-refractivity contribution is 7.92. The smallest absolute Gasteiger partial charge is 0.264 e. The standard InChI is InChI=1S/C37H41Cl2N3O5S/c1-6-47-34-18-11-10-17-32(34)42(48(45,46)28-21-19-26(2)20-22-28)25-35(43)41(24-29-30(38)15-12-16-31(29)39)33(36(44)40-37(3,4)5)23-27-13-8-7-9-14-27/h7-22,33H,6,23-25H2,1-5H3,(H,40,44). The zero-order valence-corrected chi connectivity index (χ0v) is 30.1. The van der Waals surface area contributed by atoms with Crippen molar-refractivity contribution < 1.29 is 22.7 Å². The number of halogens is 2. The number of carbonyl (C=O) groups is 2. The van der Waals surface area contributed by atoms with Gasteiger partial charge in [-0.25, -0.2) is 8.42 Å². The lowest BCUT2D eigenvalue weighted by atomic mass is 10.0. The van der Waals surface area contributed by atoms with E-state index in [-0.39, 0.29) is 35.9 Å². The number of sulfonamides is 1. The number of hydrogen-bond acceptors (Lipinski definition) is 5. The highest BCUT2D eigenvalue weighted by Gasteiger charge is 2.37. The van der Waals surface area contributed by atoms with Crippen molar-refractivity contribution in [3.05, 3.63) is 124 Å². The fourth-order valence-corrected chi connectivity index (χ4v) is 7.09. The molecule has 0 fully saturated rings. The summed E-state index contributed by atoms with van der Waals surface area (Å²) in [6, 6.07) is 26.3. The first-order valence-electron chi connectivity index (χ1n) is 15.6. The number of hydrogen-bond donors (Lipinski definition) is 1. The normalized spacial score (nSPS) is 12.2. The Hall–Kier alpha value is -4.05. The van der Waals surface area contributed by atoms with Crippen LogP contribution in [0.25, 0.3) is 0 Å². The van der Waals surface area contributed by atoms with E-state index in [1.165, 1.54) is 17.0 Å². The minimum atomic E-state index is -4.31. The second kappa shape index (κ2) is 15.9. The maximum absolute atomic E-state index is 14.8. The number of rotatable bonds is 13. The van der Waals surface area contributed by atoms with Gasteiger partial charge in [-0.2, -0.15) is 0 Å². The molecule has 0 spiro atoms. The van der Waals surface area contributed by atoms with E-state index in [2.05, 4.69) is 5.32 Å². The van der Waals surface area contributed by atoms with Gasteiger partial charge >= 0.3 is 0 Å². The van der Waals surface area contributed by atoms with Gasteiger partial charge in [0.25, 0.3) is 10.0 Å². The summed E-state index contributed by atoms with van der Waals surface area (Å²) in [5.41, 5.74) is 1.67. The first kappa shape index (κ1) is 36.8. The predicted molar refractivity (Wildman–Crippen MR) is 192 cm³/mol. The van der Waals surface area contributed by atoms with Crippen molar-refractivity contribution in [1.82, 2.24) is 10.2 Å². The molecule has 254 valence electrons. The Labute approximate surface area is 293 Å². The van der Waals surface area contributed by atoms with Gasteiger partial charge in [-0.05, 0) is 76.6 Å². The van der Waals surface area contributed by atoms with E-state index in [1.807, 2.05) is 58.0 Å². The quantitative estimate of drug-likeness (QED) is 0.156. The van der Waals surface area contributed by atoms with Crippen LogP contribution >= 0.6 is 23.2 Å². The SMILES string of the molecule is CCOc1ccccc1N(CC(=O)N(Cc1c(Cl)cccc1Cl)C(Cc1ccccc1)C(=O)NC(C)(C)C)S(=O)(=O)c1ccc(C)cc1. The molecule has 0 saturated heterocycles. The van der Waals surface area contributed by atoms with Gasteiger partial charge in [-0.1, -0.05) is 89.4 Å². The van der Waals surface area contributed by atoms with Crippen LogP contribution < -0.4 is 14.4 Å². The van der Waals surface area contributed by atoms with Crippen molar-refractivity contribution in [2.75, 3.05) is 17.5 Å². The Bertz CT molecular complexity index is 1810. The van der Waals surface area contributed by atoms with Crippen LogP contribution in [0.15, 0.2) is 102 Å². The largest absolute Gasteiger partial charge is 0.492 e. The number of ether oxygens (including phenoxy) is 1. The number of anilines is 1. The molecule has 1 atom stereocenters. The molecule has 0 radical (unpaired) electrons. The summed E-state index contributed by atoms with van der Waals surface area (Å²) in [5, 5.41) is 3.62. The van der Waals surface area contributed by atoms with Crippen molar-refractivity contribution in [3.8, 4) is 5.75 Å². The fraction of sp³-hybridized carbons (Fsp3) is 0.297. The van der Waals surface area contributed by atoms with Crippen molar-refractivity contribution >= 4 is 50.7 Å². The molecule has 4 aromatic carbocycles. The molecule has 48 heavy (non-hydrogen) atoms. The second-order valence-corrected chi connectivity index (χ2v) is 15.1. The molecule has 0 heterocycles. The number of benzene rings is 4. The number of nitrogens with zero attached hydrogens (tertiary/aromatic N) is 2. The Morgan fingerprint density at radius 1 is 0.854 bits per heavy atom. The average Bonchev–Trinajstić information content (AvgIpc) is 3.03. The number of carbonyl (C=O) groups excluding carboxylic acids is 2. The molecule has 4 rings (SSSR count). The van der Waals surface area contributed by atoms with E-state index in [4.69, 9.17) is 27.9 Å². The lowest BCUT2D eigenvalue weighted by molar-refractivity contribution is -0.140. The molecule has 0 aliphatic heterocycles. The molecule has 0 aromatic heterocycles. The van der Waals surface area contributed by atoms with E-state index in [0.717, 1.165) is 15.4 Å². The zero-order chi connectivity index (χ0) is 35.1. The van der Waals surface area contributed by atoms with Gasteiger partial charge in [0.15, 0.2) is 0 Å². The molecule has 0 bridgehead atoms. The van der Waals surface area contributed by atoms with Crippen LogP contribution in [-0.2, 0) is 32.6 Å². The van der Waals surface area contributed by atoms with Gasteiger partial charge in [0.1, 0.15) is 18.3 Å². The highest BCUT2D eigenvalue weighted by atomic mass is 35.5. The molecule has 2 amide bonds. The van der Waals surface area contributed by atoms with Gasteiger partial charge in [0, 0.05) is 34.1 Å². The summed E-state index contributed by atoms with van der Waals surface area (Å²) < 4.78 is 35.6. The van der Waals surface area contributed by atoms with Gasteiger partial charge in [0.05, 0.1) is 17.2 Å². The molecule has 11 heteroatoms. The summed E-state index contributed by atoms with van der Waals surface area (Å²) in [4.78, 5) is 30.2. The second-order valence-electron chi connectivity index (χ2n) is 12.4. The third-order valence-electron chi connectivity index (χ3n) is 7.48. The van der Waals surface area contributed by atoms with E-state index >= 15 is 0 Å². The predicted octanol–water partition coefficient (Wildman–Crippen LogP) is 7.45. The Morgan fingerprint density at radius 3 is 2.06 bits per heavy atom. The molecule has 0 aliphatic carbocycles. The molecule has 4 aromatic rings. The van der Waals surface area contributed by atoms with Crippen LogP contribution in [-0.4, -0.2) is 49.9 Å². The Morgan fingerprint density at radius 2 is 1.46 bits per heavy atom. The van der Waals surface area contributed by atoms with E-state index in [0.29, 0.717) is 15.6 Å². The number of aryl methyl sites for hydroxylation is 1. The highest BCUT2D eigenvalue weighted by Crippen LogP contribution is 2.34. The first-order chi connectivity index (χ1) is 22.7. The zero-order valence-electron chi connectivity index (χ0n) is 27.7. The van der Waals surface area contributed by atoms with E-state index < -0.39 is 40.0 Å². The van der Waals surface area contributed by atoms with Crippen LogP contribution in [0.2, 0.25) is 10.0 Å². The molecular weight excluding hydrogens is 669 g/mol. The van der Waals surface area contributed by atoms with Crippen LogP contribution in [0.3, 0.4) is 0 Å². The van der Waals surface area contributed by atoms with Crippen molar-refractivity contribution in [2.45, 2.75) is 64.1 Å². The molecule has 8 nitrogen and oxygen atoms in total. The molecule has 0 aliphatic rings. The lowest BCUT2D eigenvalue weighted by Gasteiger charge is -2.35. The maximum atomic E-state index is 14.8. The molecule has 1 N–H and O–H groups in total. The topological polar surface area (TPSA) is 96.0 Å². The number of para-hydroxylation sites is 2. The third kappa shape index (κ3) is 9.30. The summed E-state index contributed by atoms with van der Waals surface area (Å²) in [7, 11) is -4.31. The number of amides is 2. The first-order valence-corrected chi connectivity index (χ1v) is 17.8. The lowest BCUT2D eigenvalue weighted by Crippen LogP contribution is -2.56. The number of nitrogens with one attached hydrogen (secondary N) is 1. The van der Waals surface area contributed by atoms with Crippen LogP contribution in [0, 0.1) is 6.92 Å². The summed E-state index contributed by atoms with van der Waals surface area (Å²) in [5.74, 6) is -0.765. The molecule has 1 unspecified atom stereocenters. The van der Waals surface area contributed by atoms with Crippen LogP contribution in [0.5, 0.6) is 5.75 Å². The van der Waals surface area contributed by atoms with Gasteiger partial charge in [-0.3, -0.25) is 13.9 Å². The van der Waals surface area contributed by atoms with E-state index in [1.54, 1.807) is 61.5 Å². The summed E-state index contributed by atoms with van der Waals surface area (Å²) >= 11 is 13.2. The van der Waals surface area contributed by atoms with Crippen molar-refractivity contribution in [3.63, 3.8) is 0 Å². The molecule has 0 saturated carbocycles. The van der Waals surface area contributed by atoms with Gasteiger partial charge in [0.2, 0.25) is 11.8 Å².